The summed E-state index contributed by atoms with van der Waals surface area (Å²) < 4.78 is 6.25. The number of hydrogen-bond donors (Lipinski definition) is 1. The minimum atomic E-state index is -0.921. The molecule has 2 aromatic rings. The molecule has 1 spiro atoms. The average Bonchev–Trinajstić information content (AvgIpc) is 3.58. The molecule has 8 heteroatoms. The zero-order valence-electron chi connectivity index (χ0n) is 19.1. The molecule has 3 amide bonds. The number of aryl methyl sites for hydroxylation is 1. The van der Waals surface area contributed by atoms with E-state index < -0.39 is 11.8 Å². The van der Waals surface area contributed by atoms with E-state index in [1.54, 1.807) is 40.1 Å². The molecular weight excluding hydrogens is 454 g/mol. The van der Waals surface area contributed by atoms with Crippen molar-refractivity contribution in [3.8, 4) is 0 Å². The smallest absolute Gasteiger partial charge is 0.257 e. The van der Waals surface area contributed by atoms with Crippen molar-refractivity contribution in [2.24, 2.45) is 0 Å². The molecule has 1 atom stereocenters. The average molecular weight is 482 g/mol. The van der Waals surface area contributed by atoms with Crippen molar-refractivity contribution in [1.29, 1.82) is 0 Å². The summed E-state index contributed by atoms with van der Waals surface area (Å²) in [5, 5.41) is 3.54. The fourth-order valence-corrected chi connectivity index (χ4v) is 5.09. The molecule has 2 heterocycles. The normalized spacial score (nSPS) is 21.5. The molecule has 7 nitrogen and oxygen atoms in total. The highest BCUT2D eigenvalue weighted by Crippen LogP contribution is 2.39. The molecule has 5 rings (SSSR count). The van der Waals surface area contributed by atoms with Crippen LogP contribution in [0.4, 0.5) is 0 Å². The summed E-state index contributed by atoms with van der Waals surface area (Å²) in [5.41, 5.74) is 1.03. The summed E-state index contributed by atoms with van der Waals surface area (Å²) in [5.74, 6) is -0.477. The van der Waals surface area contributed by atoms with Crippen molar-refractivity contribution in [2.75, 3.05) is 19.7 Å². The van der Waals surface area contributed by atoms with E-state index in [9.17, 15) is 14.4 Å². The van der Waals surface area contributed by atoms with Gasteiger partial charge >= 0.3 is 0 Å². The summed E-state index contributed by atoms with van der Waals surface area (Å²) in [7, 11) is 0. The summed E-state index contributed by atoms with van der Waals surface area (Å²) >= 11 is 6.06. The molecule has 1 aliphatic carbocycles. The van der Waals surface area contributed by atoms with Gasteiger partial charge in [0.15, 0.2) is 0 Å². The van der Waals surface area contributed by atoms with E-state index in [-0.39, 0.29) is 30.4 Å². The molecule has 3 fully saturated rings. The van der Waals surface area contributed by atoms with Crippen LogP contribution < -0.4 is 5.32 Å². The van der Waals surface area contributed by atoms with E-state index in [0.29, 0.717) is 42.1 Å². The number of benzene rings is 2. The molecule has 1 saturated carbocycles. The molecule has 178 valence electrons. The Kier molecular flexibility index (Phi) is 6.08. The van der Waals surface area contributed by atoms with Gasteiger partial charge in [-0.15, -0.1) is 0 Å². The fraction of sp³-hybridized carbons (Fsp3) is 0.423. The van der Waals surface area contributed by atoms with Gasteiger partial charge in [0.05, 0.1) is 6.61 Å². The van der Waals surface area contributed by atoms with Crippen LogP contribution in [0.2, 0.25) is 5.02 Å². The number of piperidine rings is 1. The van der Waals surface area contributed by atoms with Crippen LogP contribution in [-0.2, 0) is 9.53 Å². The molecule has 0 aromatic heterocycles. The maximum absolute atomic E-state index is 13.8. The first-order chi connectivity index (χ1) is 16.4. The van der Waals surface area contributed by atoms with Crippen molar-refractivity contribution in [3.63, 3.8) is 0 Å². The number of hydrogen-bond acceptors (Lipinski definition) is 4. The summed E-state index contributed by atoms with van der Waals surface area (Å²) in [6.45, 7) is 2.88. The predicted octanol–water partition coefficient (Wildman–Crippen LogP) is 3.40. The summed E-state index contributed by atoms with van der Waals surface area (Å²) in [6.07, 6.45) is 2.81. The van der Waals surface area contributed by atoms with Crippen LogP contribution in [0.15, 0.2) is 48.5 Å². The molecule has 2 aliphatic heterocycles. The molecule has 3 aliphatic rings. The first-order valence-corrected chi connectivity index (χ1v) is 12.1. The second kappa shape index (κ2) is 9.04. The third-order valence-corrected chi connectivity index (χ3v) is 7.22. The summed E-state index contributed by atoms with van der Waals surface area (Å²) in [4.78, 5) is 43.3. The Bertz CT molecular complexity index is 1120. The molecule has 0 unspecified atom stereocenters. The van der Waals surface area contributed by atoms with Crippen molar-refractivity contribution in [1.82, 2.24) is 15.1 Å². The van der Waals surface area contributed by atoms with Crippen LogP contribution in [-0.4, -0.2) is 65.0 Å². The molecule has 0 radical (unpaired) electrons. The van der Waals surface area contributed by atoms with Gasteiger partial charge in [-0.2, -0.15) is 0 Å². The van der Waals surface area contributed by atoms with Gasteiger partial charge in [0.1, 0.15) is 11.8 Å². The number of amides is 3. The van der Waals surface area contributed by atoms with Gasteiger partial charge in [0.25, 0.3) is 11.8 Å². The van der Waals surface area contributed by atoms with Gasteiger partial charge < -0.3 is 15.0 Å². The molecule has 2 saturated heterocycles. The molecule has 34 heavy (non-hydrogen) atoms. The maximum atomic E-state index is 13.8. The highest BCUT2D eigenvalue weighted by atomic mass is 35.5. The van der Waals surface area contributed by atoms with Gasteiger partial charge in [-0.25, -0.2) is 0 Å². The number of ether oxygens (including phenoxy) is 1. The Morgan fingerprint density at radius 2 is 1.76 bits per heavy atom. The maximum Gasteiger partial charge on any atom is 0.257 e. The highest BCUT2D eigenvalue weighted by Gasteiger charge is 2.54. The van der Waals surface area contributed by atoms with Crippen LogP contribution in [0.5, 0.6) is 0 Å². The Morgan fingerprint density at radius 1 is 1.03 bits per heavy atom. The van der Waals surface area contributed by atoms with Gasteiger partial charge in [-0.3, -0.25) is 19.3 Å². The van der Waals surface area contributed by atoms with Crippen LogP contribution in [0.25, 0.3) is 0 Å². The first kappa shape index (κ1) is 22.9. The topological polar surface area (TPSA) is 79.0 Å². The van der Waals surface area contributed by atoms with Crippen molar-refractivity contribution in [2.45, 2.75) is 50.4 Å². The number of carbonyl (C=O) groups is 3. The second-order valence-corrected chi connectivity index (χ2v) is 9.78. The van der Waals surface area contributed by atoms with Gasteiger partial charge in [-0.1, -0.05) is 35.9 Å². The van der Waals surface area contributed by atoms with E-state index in [4.69, 9.17) is 16.3 Å². The van der Waals surface area contributed by atoms with E-state index in [2.05, 4.69) is 5.32 Å². The Labute approximate surface area is 204 Å². The third-order valence-electron chi connectivity index (χ3n) is 6.98. The molecule has 0 bridgehead atoms. The van der Waals surface area contributed by atoms with E-state index in [0.717, 1.165) is 18.4 Å². The lowest BCUT2D eigenvalue weighted by Crippen LogP contribution is -2.60. The largest absolute Gasteiger partial charge is 0.353 e. The van der Waals surface area contributed by atoms with Gasteiger partial charge in [-0.05, 0) is 49.6 Å². The van der Waals surface area contributed by atoms with Gasteiger partial charge in [0, 0.05) is 48.1 Å². The number of halogens is 1. The predicted molar refractivity (Wildman–Crippen MR) is 128 cm³/mol. The minimum absolute atomic E-state index is 0.102. The van der Waals surface area contributed by atoms with Crippen LogP contribution in [0.3, 0.4) is 0 Å². The Hall–Kier alpha value is -2.90. The zero-order chi connectivity index (χ0) is 23.9. The Morgan fingerprint density at radius 3 is 2.44 bits per heavy atom. The fourth-order valence-electron chi connectivity index (χ4n) is 4.90. The number of nitrogens with zero attached hydrogens (tertiary/aromatic N) is 2. The molecule has 1 N–H and O–H groups in total. The molecule has 2 aromatic carbocycles. The lowest BCUT2D eigenvalue weighted by molar-refractivity contribution is -0.128. The number of likely N-dealkylation sites (tertiary alicyclic amines) is 1. The van der Waals surface area contributed by atoms with E-state index in [1.165, 1.54) is 0 Å². The number of rotatable bonds is 4. The monoisotopic (exact) mass is 481 g/mol. The standard InChI is InChI=1S/C26H28ClN3O4/c1-17-5-2-3-8-21(17)25(33)30-22(23(31)28-20-9-10-20)16-34-26(30)11-13-29(14-12-26)24(32)18-6-4-7-19(27)15-18/h2-8,15,20,22H,9-14,16H2,1H3,(H,28,31)/t22-/m1/s1. The summed E-state index contributed by atoms with van der Waals surface area (Å²) in [6, 6.07) is 13.8. The lowest BCUT2D eigenvalue weighted by Gasteiger charge is -2.44. The third kappa shape index (κ3) is 4.30. The molecular formula is C26H28ClN3O4. The minimum Gasteiger partial charge on any atom is -0.353 e. The van der Waals surface area contributed by atoms with Crippen molar-refractivity contribution >= 4 is 29.3 Å². The Balaban J connectivity index is 1.39. The van der Waals surface area contributed by atoms with Crippen LogP contribution in [0.1, 0.15) is 52.0 Å². The van der Waals surface area contributed by atoms with Gasteiger partial charge in [0.2, 0.25) is 5.91 Å². The zero-order valence-corrected chi connectivity index (χ0v) is 19.9. The SMILES string of the molecule is Cc1ccccc1C(=O)N1[C@@H](C(=O)NC2CC2)COC12CCN(C(=O)c1cccc(Cl)c1)CC2. The highest BCUT2D eigenvalue weighted by molar-refractivity contribution is 6.30. The first-order valence-electron chi connectivity index (χ1n) is 11.8. The van der Waals surface area contributed by atoms with Crippen molar-refractivity contribution < 1.29 is 19.1 Å². The van der Waals surface area contributed by atoms with Crippen molar-refractivity contribution in [3.05, 3.63) is 70.2 Å². The van der Waals surface area contributed by atoms with Crippen LogP contribution >= 0.6 is 11.6 Å². The second-order valence-electron chi connectivity index (χ2n) is 9.35. The van der Waals surface area contributed by atoms with E-state index >= 15 is 0 Å². The number of nitrogens with one attached hydrogen (secondary N) is 1. The lowest BCUT2D eigenvalue weighted by atomic mass is 9.95. The van der Waals surface area contributed by atoms with E-state index in [1.807, 2.05) is 25.1 Å². The quantitative estimate of drug-likeness (QED) is 0.726. The van der Waals surface area contributed by atoms with Crippen LogP contribution in [0, 0.1) is 6.92 Å². The number of carbonyl (C=O) groups excluding carboxylic acids is 3.